The third kappa shape index (κ3) is 2.00. The second-order valence-corrected chi connectivity index (χ2v) is 4.15. The molecule has 0 saturated carbocycles. The highest BCUT2D eigenvalue weighted by Gasteiger charge is 2.12. The highest BCUT2D eigenvalue weighted by Crippen LogP contribution is 2.22. The Morgan fingerprint density at radius 2 is 2.29 bits per heavy atom. The lowest BCUT2D eigenvalue weighted by Crippen LogP contribution is -2.11. The van der Waals surface area contributed by atoms with Crippen molar-refractivity contribution in [3.8, 4) is 0 Å². The minimum Gasteiger partial charge on any atom is -0.388 e. The summed E-state index contributed by atoms with van der Waals surface area (Å²) < 4.78 is 5.35. The Bertz CT molecular complexity index is 325. The van der Waals surface area contributed by atoms with Gasteiger partial charge >= 0.3 is 0 Å². The molecule has 0 aromatic heterocycles. The molecule has 1 aliphatic rings. The van der Waals surface area contributed by atoms with E-state index in [1.807, 2.05) is 6.07 Å². The highest BCUT2D eigenvalue weighted by atomic mass is 79.9. The van der Waals surface area contributed by atoms with E-state index in [2.05, 4.69) is 28.1 Å². The van der Waals surface area contributed by atoms with Gasteiger partial charge in [-0.1, -0.05) is 34.1 Å². The first-order chi connectivity index (χ1) is 6.81. The molecule has 3 heteroatoms. The summed E-state index contributed by atoms with van der Waals surface area (Å²) in [6.45, 7) is 1.50. The number of aliphatic hydroxyl groups excluding tert-OH is 1. The molecule has 0 saturated heterocycles. The van der Waals surface area contributed by atoms with E-state index < -0.39 is 6.10 Å². The van der Waals surface area contributed by atoms with Crippen LogP contribution < -0.4 is 0 Å². The van der Waals surface area contributed by atoms with Crippen LogP contribution in [0, 0.1) is 0 Å². The lowest BCUT2D eigenvalue weighted by Gasteiger charge is -2.18. The van der Waals surface area contributed by atoms with Crippen LogP contribution in [0.15, 0.2) is 18.2 Å². The fraction of sp³-hybridized carbons (Fsp3) is 0.455. The van der Waals surface area contributed by atoms with Gasteiger partial charge in [0.2, 0.25) is 0 Å². The zero-order valence-electron chi connectivity index (χ0n) is 7.87. The van der Waals surface area contributed by atoms with E-state index in [9.17, 15) is 5.11 Å². The smallest absolute Gasteiger partial charge is 0.0886 e. The van der Waals surface area contributed by atoms with Gasteiger partial charge < -0.3 is 9.84 Å². The van der Waals surface area contributed by atoms with Crippen molar-refractivity contribution in [3.63, 3.8) is 0 Å². The van der Waals surface area contributed by atoms with E-state index in [0.717, 1.165) is 18.6 Å². The van der Waals surface area contributed by atoms with Crippen LogP contribution in [-0.2, 0) is 17.8 Å². The quantitative estimate of drug-likeness (QED) is 0.823. The van der Waals surface area contributed by atoms with Crippen LogP contribution in [0.25, 0.3) is 0 Å². The Kier molecular flexibility index (Phi) is 3.21. The molecule has 0 spiro atoms. The second kappa shape index (κ2) is 4.43. The summed E-state index contributed by atoms with van der Waals surface area (Å²) in [4.78, 5) is 0. The standard InChI is InChI=1S/C11H13BrO2/c12-6-11(13)9-1-2-10-7-14-4-3-8(10)5-9/h1-2,5,11,13H,3-4,6-7H2. The van der Waals surface area contributed by atoms with Crippen molar-refractivity contribution in [3.05, 3.63) is 34.9 Å². The molecule has 1 aliphatic heterocycles. The SMILES string of the molecule is OC(CBr)c1ccc2c(c1)CCOC2. The molecule has 1 aromatic rings. The zero-order chi connectivity index (χ0) is 9.97. The van der Waals surface area contributed by atoms with Gasteiger partial charge in [-0.15, -0.1) is 0 Å². The summed E-state index contributed by atoms with van der Waals surface area (Å²) >= 11 is 3.27. The van der Waals surface area contributed by atoms with Gasteiger partial charge in [-0.05, 0) is 23.1 Å². The number of aliphatic hydroxyl groups is 1. The average Bonchev–Trinajstić information content (AvgIpc) is 2.27. The molecule has 1 atom stereocenters. The number of alkyl halides is 1. The predicted molar refractivity (Wildman–Crippen MR) is 58.6 cm³/mol. The maximum atomic E-state index is 9.65. The molecule has 0 radical (unpaired) electrons. The molecule has 0 aliphatic carbocycles. The van der Waals surface area contributed by atoms with Crippen LogP contribution in [0.4, 0.5) is 0 Å². The van der Waals surface area contributed by atoms with Crippen molar-refractivity contribution in [2.45, 2.75) is 19.1 Å². The lowest BCUT2D eigenvalue weighted by atomic mass is 9.98. The fourth-order valence-corrected chi connectivity index (χ4v) is 2.05. The first-order valence-corrected chi connectivity index (χ1v) is 5.87. The molecule has 14 heavy (non-hydrogen) atoms. The van der Waals surface area contributed by atoms with Crippen molar-refractivity contribution >= 4 is 15.9 Å². The number of fused-ring (bicyclic) bond motifs is 1. The summed E-state index contributed by atoms with van der Waals surface area (Å²) in [6.07, 6.45) is 0.557. The molecular weight excluding hydrogens is 244 g/mol. The monoisotopic (exact) mass is 256 g/mol. The molecule has 1 unspecified atom stereocenters. The largest absolute Gasteiger partial charge is 0.388 e. The van der Waals surface area contributed by atoms with Gasteiger partial charge in [0.1, 0.15) is 0 Å². The van der Waals surface area contributed by atoms with E-state index >= 15 is 0 Å². The molecular formula is C11H13BrO2. The summed E-state index contributed by atoms with van der Waals surface area (Å²) in [6, 6.07) is 6.11. The lowest BCUT2D eigenvalue weighted by molar-refractivity contribution is 0.110. The van der Waals surface area contributed by atoms with Crippen molar-refractivity contribution in [2.24, 2.45) is 0 Å². The van der Waals surface area contributed by atoms with Gasteiger partial charge in [0, 0.05) is 5.33 Å². The average molecular weight is 257 g/mol. The van der Waals surface area contributed by atoms with Crippen molar-refractivity contribution < 1.29 is 9.84 Å². The Hall–Kier alpha value is -0.380. The minimum absolute atomic E-state index is 0.400. The van der Waals surface area contributed by atoms with E-state index in [-0.39, 0.29) is 0 Å². The highest BCUT2D eigenvalue weighted by molar-refractivity contribution is 9.09. The zero-order valence-corrected chi connectivity index (χ0v) is 9.46. The van der Waals surface area contributed by atoms with Crippen LogP contribution in [0.1, 0.15) is 22.8 Å². The maximum absolute atomic E-state index is 9.65. The number of hydrogen-bond acceptors (Lipinski definition) is 2. The van der Waals surface area contributed by atoms with Crippen LogP contribution in [-0.4, -0.2) is 17.0 Å². The van der Waals surface area contributed by atoms with E-state index in [1.54, 1.807) is 0 Å². The van der Waals surface area contributed by atoms with Gasteiger partial charge in [-0.2, -0.15) is 0 Å². The molecule has 2 nitrogen and oxygen atoms in total. The topological polar surface area (TPSA) is 29.5 Å². The number of benzene rings is 1. The number of halogens is 1. The van der Waals surface area contributed by atoms with Crippen LogP contribution in [0.3, 0.4) is 0 Å². The van der Waals surface area contributed by atoms with Gasteiger partial charge in [0.25, 0.3) is 0 Å². The molecule has 76 valence electrons. The second-order valence-electron chi connectivity index (χ2n) is 3.50. The molecule has 0 bridgehead atoms. The number of hydrogen-bond donors (Lipinski definition) is 1. The van der Waals surface area contributed by atoms with Crippen molar-refractivity contribution in [1.29, 1.82) is 0 Å². The fourth-order valence-electron chi connectivity index (χ4n) is 1.68. The third-order valence-electron chi connectivity index (χ3n) is 2.53. The molecule has 0 amide bonds. The van der Waals surface area contributed by atoms with Gasteiger partial charge in [-0.25, -0.2) is 0 Å². The normalized spacial score (nSPS) is 17.6. The third-order valence-corrected chi connectivity index (χ3v) is 3.15. The summed E-state index contributed by atoms with van der Waals surface area (Å²) in [5.41, 5.74) is 3.55. The first-order valence-electron chi connectivity index (χ1n) is 4.74. The first kappa shape index (κ1) is 10.1. The Balaban J connectivity index is 2.29. The summed E-state index contributed by atoms with van der Waals surface area (Å²) in [7, 11) is 0. The Labute approximate surface area is 92.0 Å². The molecule has 1 N–H and O–H groups in total. The van der Waals surface area contributed by atoms with Crippen LogP contribution >= 0.6 is 15.9 Å². The minimum atomic E-state index is -0.400. The van der Waals surface area contributed by atoms with Crippen molar-refractivity contribution in [1.82, 2.24) is 0 Å². The van der Waals surface area contributed by atoms with Crippen LogP contribution in [0.5, 0.6) is 0 Å². The molecule has 0 fully saturated rings. The molecule has 1 aromatic carbocycles. The number of rotatable bonds is 2. The summed E-state index contributed by atoms with van der Waals surface area (Å²) in [5, 5.41) is 10.2. The molecule has 1 heterocycles. The van der Waals surface area contributed by atoms with Crippen molar-refractivity contribution in [2.75, 3.05) is 11.9 Å². The van der Waals surface area contributed by atoms with E-state index in [0.29, 0.717) is 11.9 Å². The predicted octanol–water partition coefficient (Wildman–Crippen LogP) is 2.19. The van der Waals surface area contributed by atoms with Gasteiger partial charge in [0.05, 0.1) is 19.3 Å². The maximum Gasteiger partial charge on any atom is 0.0886 e. The van der Waals surface area contributed by atoms with Gasteiger partial charge in [-0.3, -0.25) is 0 Å². The van der Waals surface area contributed by atoms with E-state index in [1.165, 1.54) is 11.1 Å². The Morgan fingerprint density at radius 3 is 3.07 bits per heavy atom. The van der Waals surface area contributed by atoms with Crippen LogP contribution in [0.2, 0.25) is 0 Å². The Morgan fingerprint density at radius 1 is 1.43 bits per heavy atom. The van der Waals surface area contributed by atoms with Gasteiger partial charge in [0.15, 0.2) is 0 Å². The summed E-state index contributed by atoms with van der Waals surface area (Å²) in [5.74, 6) is 0. The molecule has 2 rings (SSSR count). The number of ether oxygens (including phenoxy) is 1. The van der Waals surface area contributed by atoms with E-state index in [4.69, 9.17) is 4.74 Å².